The second-order valence-corrected chi connectivity index (χ2v) is 14.9. The third-order valence-electron chi connectivity index (χ3n) is 9.20. The van der Waals surface area contributed by atoms with Crippen LogP contribution in [0.3, 0.4) is 0 Å². The van der Waals surface area contributed by atoms with Crippen LogP contribution in [0.5, 0.6) is 0 Å². The van der Waals surface area contributed by atoms with Gasteiger partial charge >= 0.3 is 233 Å². The molecule has 7 aromatic rings. The van der Waals surface area contributed by atoms with Gasteiger partial charge in [0.25, 0.3) is 0 Å². The summed E-state index contributed by atoms with van der Waals surface area (Å²) in [7, 11) is -3.21. The van der Waals surface area contributed by atoms with Gasteiger partial charge in [0, 0.05) is 0 Å². The van der Waals surface area contributed by atoms with Crippen molar-refractivity contribution in [2.45, 2.75) is 20.3 Å². The Kier molecular flexibility index (Phi) is 6.38. The molecule has 0 spiro atoms. The molecule has 0 unspecified atom stereocenters. The summed E-state index contributed by atoms with van der Waals surface area (Å²) in [5, 5.41) is 6.53. The van der Waals surface area contributed by atoms with Crippen molar-refractivity contribution in [2.75, 3.05) is 0 Å². The first-order valence-electron chi connectivity index (χ1n) is 15.3. The van der Waals surface area contributed by atoms with Crippen molar-refractivity contribution in [3.8, 4) is 33.4 Å². The van der Waals surface area contributed by atoms with E-state index in [2.05, 4.69) is 117 Å². The van der Waals surface area contributed by atoms with Crippen LogP contribution >= 0.6 is 7.49 Å². The average molecular weight is 589 g/mol. The van der Waals surface area contributed by atoms with Crippen molar-refractivity contribution >= 4 is 51.2 Å². The minimum atomic E-state index is -3.21. The van der Waals surface area contributed by atoms with Crippen LogP contribution in [-0.2, 0) is 0 Å². The number of allylic oxidation sites excluding steroid dienone is 1. The van der Waals surface area contributed by atoms with E-state index < -0.39 is 7.49 Å². The van der Waals surface area contributed by atoms with Gasteiger partial charge in [0.15, 0.2) is 0 Å². The summed E-state index contributed by atoms with van der Waals surface area (Å²) in [6.07, 6.45) is 5.23. The van der Waals surface area contributed by atoms with Crippen LogP contribution in [0.25, 0.3) is 61.2 Å². The molecule has 0 fully saturated rings. The fourth-order valence-electron chi connectivity index (χ4n) is 6.95. The average Bonchev–Trinajstić information content (AvgIpc) is 3.59. The van der Waals surface area contributed by atoms with E-state index in [4.69, 9.17) is 4.42 Å². The van der Waals surface area contributed by atoms with Crippen molar-refractivity contribution < 1.29 is 9.31 Å². The van der Waals surface area contributed by atoms with Crippen LogP contribution in [0, 0.1) is 6.92 Å². The van der Waals surface area contributed by atoms with E-state index in [1.807, 2.05) is 36.4 Å². The molecule has 0 aliphatic heterocycles. The Morgan fingerprint density at radius 2 is 1.30 bits per heavy atom. The van der Waals surface area contributed by atoms with Crippen LogP contribution in [0.15, 0.2) is 138 Å². The van der Waals surface area contributed by atoms with Crippen LogP contribution in [0.4, 0.5) is 0 Å². The zero-order chi connectivity index (χ0) is 29.8. The van der Waals surface area contributed by atoms with Gasteiger partial charge in [-0.15, -0.1) is 0 Å². The van der Waals surface area contributed by atoms with E-state index in [1.165, 1.54) is 38.6 Å². The summed E-state index contributed by atoms with van der Waals surface area (Å²) < 4.78 is 6.46. The fourth-order valence-corrected chi connectivity index (χ4v) is 10.0. The fraction of sp³-hybridized carbons (Fsp3) is 0.0732. The summed E-state index contributed by atoms with van der Waals surface area (Å²) in [6, 6.07) is 44.5. The van der Waals surface area contributed by atoms with E-state index in [-0.39, 0.29) is 0 Å². The SMILES string of the molecule is CC/C=C\c1oc2c(cc3c4c(cccc42)-c2cc(-c4cccc([PH](O)(c5ccccc5)c5ccccc5)c4)ccc2-3)c1C. The van der Waals surface area contributed by atoms with Gasteiger partial charge in [-0.2, -0.15) is 0 Å². The quantitative estimate of drug-likeness (QED) is 0.196. The first-order valence-corrected chi connectivity index (χ1v) is 17.3. The Bertz CT molecular complexity index is 2190. The molecule has 2 nitrogen and oxygen atoms in total. The molecule has 44 heavy (non-hydrogen) atoms. The summed E-state index contributed by atoms with van der Waals surface area (Å²) in [4.78, 5) is 12.6. The Morgan fingerprint density at radius 3 is 2.02 bits per heavy atom. The molecule has 0 atom stereocenters. The maximum atomic E-state index is 12.6. The molecule has 0 amide bonds. The van der Waals surface area contributed by atoms with Crippen molar-refractivity contribution in [3.05, 3.63) is 145 Å². The zero-order valence-electron chi connectivity index (χ0n) is 24.8. The van der Waals surface area contributed by atoms with Gasteiger partial charge in [-0.25, -0.2) is 0 Å². The number of fused-ring (bicyclic) bond motifs is 5. The van der Waals surface area contributed by atoms with Gasteiger partial charge in [-0.3, -0.25) is 0 Å². The van der Waals surface area contributed by atoms with Crippen molar-refractivity contribution in [1.82, 2.24) is 0 Å². The van der Waals surface area contributed by atoms with Gasteiger partial charge in [0.05, 0.1) is 0 Å². The molecule has 6 aromatic carbocycles. The van der Waals surface area contributed by atoms with Crippen LogP contribution in [-0.4, -0.2) is 4.89 Å². The zero-order valence-corrected chi connectivity index (χ0v) is 25.8. The molecule has 0 saturated heterocycles. The summed E-state index contributed by atoms with van der Waals surface area (Å²) >= 11 is 0. The molecule has 8 rings (SSSR count). The molecule has 1 aliphatic carbocycles. The van der Waals surface area contributed by atoms with E-state index in [0.717, 1.165) is 50.2 Å². The van der Waals surface area contributed by atoms with Crippen molar-refractivity contribution in [1.29, 1.82) is 0 Å². The van der Waals surface area contributed by atoms with Gasteiger partial charge in [-0.1, -0.05) is 13.0 Å². The Morgan fingerprint density at radius 1 is 0.614 bits per heavy atom. The molecule has 0 saturated carbocycles. The molecular weight excluding hydrogens is 555 g/mol. The van der Waals surface area contributed by atoms with Gasteiger partial charge in [-0.05, 0) is 12.5 Å². The second-order valence-electron chi connectivity index (χ2n) is 11.7. The number of rotatable bonds is 6. The summed E-state index contributed by atoms with van der Waals surface area (Å²) in [6.45, 7) is 4.30. The third kappa shape index (κ3) is 4.03. The van der Waals surface area contributed by atoms with Gasteiger partial charge < -0.3 is 0 Å². The molecule has 0 bridgehead atoms. The van der Waals surface area contributed by atoms with Crippen LogP contribution in [0.2, 0.25) is 0 Å². The number of benzene rings is 6. The van der Waals surface area contributed by atoms with Gasteiger partial charge in [0.1, 0.15) is 0 Å². The Hall–Kier alpha value is -4.75. The van der Waals surface area contributed by atoms with Crippen LogP contribution in [0.1, 0.15) is 24.7 Å². The number of hydrogen-bond acceptors (Lipinski definition) is 2. The first-order chi connectivity index (χ1) is 21.6. The molecule has 0 radical (unpaired) electrons. The van der Waals surface area contributed by atoms with Gasteiger partial charge in [0.2, 0.25) is 0 Å². The summed E-state index contributed by atoms with van der Waals surface area (Å²) in [5.41, 5.74) is 9.39. The predicted molar refractivity (Wildman–Crippen MR) is 190 cm³/mol. The number of hydrogen-bond donors (Lipinski definition) is 1. The number of aryl methyl sites for hydroxylation is 1. The van der Waals surface area contributed by atoms with E-state index in [1.54, 1.807) is 0 Å². The normalized spacial score (nSPS) is 12.8. The predicted octanol–water partition coefficient (Wildman–Crippen LogP) is 9.57. The molecule has 1 N–H and O–H groups in total. The molecular formula is C41H33O2P. The standard InChI is InChI=1S/C41H33O2P/c1-3-4-21-39-27(2)36-26-38-33-23-22-29(25-37(33)34-19-12-20-35(40(34)38)41(36)43-39)28-13-11-18-32(24-28)44(42,30-14-7-5-8-15-30)31-16-9-6-10-17-31/h4-26,42,44H,3H2,1-2H3/b21-4-. The van der Waals surface area contributed by atoms with E-state index >= 15 is 0 Å². The first kappa shape index (κ1) is 26.8. The number of furan rings is 1. The van der Waals surface area contributed by atoms with Crippen LogP contribution < -0.4 is 15.9 Å². The topological polar surface area (TPSA) is 33.4 Å². The molecule has 3 heteroatoms. The summed E-state index contributed by atoms with van der Waals surface area (Å²) in [5.74, 6) is 0.941. The Balaban J connectivity index is 1.27. The van der Waals surface area contributed by atoms with Crippen molar-refractivity contribution in [2.24, 2.45) is 0 Å². The van der Waals surface area contributed by atoms with Crippen molar-refractivity contribution in [3.63, 3.8) is 0 Å². The molecule has 1 aromatic heterocycles. The minimum absolute atomic E-state index is 0.941. The molecule has 214 valence electrons. The van der Waals surface area contributed by atoms with E-state index in [9.17, 15) is 4.89 Å². The van der Waals surface area contributed by atoms with E-state index in [0.29, 0.717) is 0 Å². The third-order valence-corrected chi connectivity index (χ3v) is 12.7. The molecule has 1 heterocycles. The maximum absolute atomic E-state index is 12.6. The second kappa shape index (κ2) is 10.5. The monoisotopic (exact) mass is 588 g/mol. The Labute approximate surface area is 258 Å². The molecule has 1 aliphatic rings.